The van der Waals surface area contributed by atoms with Gasteiger partial charge >= 0.3 is 11.9 Å². The van der Waals surface area contributed by atoms with Crippen LogP contribution in [0.4, 0.5) is 0 Å². The van der Waals surface area contributed by atoms with E-state index in [9.17, 15) is 9.59 Å². The maximum absolute atomic E-state index is 13.4. The van der Waals surface area contributed by atoms with E-state index >= 15 is 0 Å². The lowest BCUT2D eigenvalue weighted by Crippen LogP contribution is -2.60. The molecule has 5 nitrogen and oxygen atoms in total. The fourth-order valence-corrected chi connectivity index (χ4v) is 10.0. The van der Waals surface area contributed by atoms with Gasteiger partial charge in [-0.15, -0.1) is 0 Å². The highest BCUT2D eigenvalue weighted by atomic mass is 28.3. The van der Waals surface area contributed by atoms with Crippen LogP contribution in [0.5, 0.6) is 0 Å². The van der Waals surface area contributed by atoms with Gasteiger partial charge in [-0.2, -0.15) is 0 Å². The molecule has 0 unspecified atom stereocenters. The van der Waals surface area contributed by atoms with Crippen molar-refractivity contribution in [2.24, 2.45) is 16.7 Å². The molecular formula is C26H34O5Si. The molecule has 1 aliphatic carbocycles. The molecule has 32 heavy (non-hydrogen) atoms. The summed E-state index contributed by atoms with van der Waals surface area (Å²) < 4.78 is 16.4. The molecule has 2 atom stereocenters. The lowest BCUT2D eigenvalue weighted by atomic mass is 9.63. The highest BCUT2D eigenvalue weighted by molar-refractivity contribution is 7.01. The molecule has 1 saturated carbocycles. The Morgan fingerprint density at radius 3 is 1.69 bits per heavy atom. The Hall–Kier alpha value is -2.44. The number of esters is 2. The summed E-state index contributed by atoms with van der Waals surface area (Å²) >= 11 is 0. The maximum atomic E-state index is 13.4. The van der Waals surface area contributed by atoms with Crippen LogP contribution in [0, 0.1) is 16.7 Å². The minimum atomic E-state index is -2.35. The van der Waals surface area contributed by atoms with Crippen molar-refractivity contribution >= 4 is 30.4 Å². The number of methoxy groups -OCH3 is 3. The Morgan fingerprint density at radius 1 is 0.875 bits per heavy atom. The number of ether oxygens (including phenoxy) is 3. The van der Waals surface area contributed by atoms with E-state index in [4.69, 9.17) is 14.2 Å². The Labute approximate surface area is 192 Å². The van der Waals surface area contributed by atoms with Crippen LogP contribution in [-0.4, -0.2) is 47.4 Å². The highest BCUT2D eigenvalue weighted by Crippen LogP contribution is 2.60. The van der Waals surface area contributed by atoms with Gasteiger partial charge in [-0.25, -0.2) is 0 Å². The van der Waals surface area contributed by atoms with E-state index in [1.54, 1.807) is 7.11 Å². The monoisotopic (exact) mass is 454 g/mol. The summed E-state index contributed by atoms with van der Waals surface area (Å²) in [5.41, 5.74) is -2.25. The second-order valence-electron chi connectivity index (χ2n) is 9.44. The minimum Gasteiger partial charge on any atom is -0.468 e. The van der Waals surface area contributed by atoms with E-state index in [0.29, 0.717) is 12.5 Å². The SMILES string of the molecule is COC(=O)C1(C(=O)OC)[C@@H](C[Si](C)(c2ccccc2)c2ccccc2)C[C@H](OC)C1(C)C. The minimum absolute atomic E-state index is 0.282. The molecule has 0 heterocycles. The zero-order valence-corrected chi connectivity index (χ0v) is 20.9. The van der Waals surface area contributed by atoms with Gasteiger partial charge in [0.1, 0.15) is 8.07 Å². The van der Waals surface area contributed by atoms with Crippen LogP contribution in [0.2, 0.25) is 12.6 Å². The Morgan fingerprint density at radius 2 is 1.31 bits per heavy atom. The normalized spacial score (nSPS) is 21.7. The van der Waals surface area contributed by atoms with Crippen molar-refractivity contribution in [3.63, 3.8) is 0 Å². The first-order valence-corrected chi connectivity index (χ1v) is 13.7. The lowest BCUT2D eigenvalue weighted by molar-refractivity contribution is -0.183. The summed E-state index contributed by atoms with van der Waals surface area (Å²) in [5, 5.41) is 2.52. The molecule has 0 bridgehead atoms. The van der Waals surface area contributed by atoms with Gasteiger partial charge in [0.2, 0.25) is 0 Å². The molecule has 1 aliphatic rings. The second kappa shape index (κ2) is 9.20. The van der Waals surface area contributed by atoms with E-state index in [-0.39, 0.29) is 12.0 Å². The Kier molecular flexibility index (Phi) is 6.96. The average Bonchev–Trinajstić information content (AvgIpc) is 3.05. The van der Waals surface area contributed by atoms with Crippen molar-refractivity contribution in [1.82, 2.24) is 0 Å². The van der Waals surface area contributed by atoms with Gasteiger partial charge in [0, 0.05) is 12.5 Å². The van der Waals surface area contributed by atoms with Gasteiger partial charge in [0.05, 0.1) is 20.3 Å². The van der Waals surface area contributed by atoms with Gasteiger partial charge in [0.25, 0.3) is 0 Å². The molecule has 3 rings (SSSR count). The zero-order valence-electron chi connectivity index (χ0n) is 19.9. The summed E-state index contributed by atoms with van der Waals surface area (Å²) in [6.07, 6.45) is 0.297. The van der Waals surface area contributed by atoms with Crippen molar-refractivity contribution in [1.29, 1.82) is 0 Å². The first-order chi connectivity index (χ1) is 15.2. The molecule has 0 aliphatic heterocycles. The average molecular weight is 455 g/mol. The summed E-state index contributed by atoms with van der Waals surface area (Å²) in [6, 6.07) is 21.5. The third-order valence-corrected chi connectivity index (χ3v) is 12.2. The molecule has 0 aromatic heterocycles. The number of hydrogen-bond donors (Lipinski definition) is 0. The largest absolute Gasteiger partial charge is 0.468 e. The molecule has 0 saturated heterocycles. The summed E-state index contributed by atoms with van der Waals surface area (Å²) in [4.78, 5) is 26.8. The predicted octanol–water partition coefficient (Wildman–Crippen LogP) is 3.27. The zero-order chi connectivity index (χ0) is 23.6. The maximum Gasteiger partial charge on any atom is 0.324 e. The first kappa shape index (κ1) is 24.2. The Balaban J connectivity index is 2.22. The second-order valence-corrected chi connectivity index (χ2v) is 13.7. The summed E-state index contributed by atoms with van der Waals surface area (Å²) in [5.74, 6) is -1.38. The predicted molar refractivity (Wildman–Crippen MR) is 128 cm³/mol. The molecule has 2 aromatic carbocycles. The van der Waals surface area contributed by atoms with E-state index in [1.807, 2.05) is 50.2 Å². The van der Waals surface area contributed by atoms with Crippen molar-refractivity contribution in [2.75, 3.05) is 21.3 Å². The van der Waals surface area contributed by atoms with Crippen LogP contribution >= 0.6 is 0 Å². The number of benzene rings is 2. The van der Waals surface area contributed by atoms with Gasteiger partial charge in [-0.1, -0.05) is 91.4 Å². The number of rotatable bonds is 7. The van der Waals surface area contributed by atoms with E-state index in [0.717, 1.165) is 0 Å². The van der Waals surface area contributed by atoms with Crippen LogP contribution in [0.15, 0.2) is 60.7 Å². The molecule has 6 heteroatoms. The standard InChI is InChI=1S/C26H34O5Si/c1-25(2)22(29-3)17-19(26(25,23(27)30-4)24(28)31-5)18-32(6,20-13-9-7-10-14-20)21-15-11-8-12-16-21/h7-16,19,22H,17-18H2,1-6H3/t19-,22+/m1/s1. The fourth-order valence-electron chi connectivity index (χ4n) is 5.91. The molecular weight excluding hydrogens is 420 g/mol. The van der Waals surface area contributed by atoms with Crippen LogP contribution < -0.4 is 10.4 Å². The van der Waals surface area contributed by atoms with E-state index in [1.165, 1.54) is 24.6 Å². The van der Waals surface area contributed by atoms with Crippen molar-refractivity contribution in [3.05, 3.63) is 60.7 Å². The lowest BCUT2D eigenvalue weighted by Gasteiger charge is -2.43. The van der Waals surface area contributed by atoms with Crippen LogP contribution in [0.25, 0.3) is 0 Å². The molecule has 0 amide bonds. The smallest absolute Gasteiger partial charge is 0.324 e. The molecule has 1 fully saturated rings. The highest BCUT2D eigenvalue weighted by Gasteiger charge is 2.71. The van der Waals surface area contributed by atoms with Gasteiger partial charge in [0.15, 0.2) is 5.41 Å². The third kappa shape index (κ3) is 3.59. The van der Waals surface area contributed by atoms with Crippen LogP contribution in [-0.2, 0) is 23.8 Å². The van der Waals surface area contributed by atoms with Gasteiger partial charge in [-0.3, -0.25) is 9.59 Å². The van der Waals surface area contributed by atoms with Gasteiger partial charge in [-0.05, 0) is 18.4 Å². The number of carbonyl (C=O) groups excluding carboxylic acids is 2. The van der Waals surface area contributed by atoms with Crippen LogP contribution in [0.1, 0.15) is 20.3 Å². The first-order valence-electron chi connectivity index (χ1n) is 11.0. The Bertz CT molecular complexity index is 886. The quantitative estimate of drug-likeness (QED) is 0.365. The van der Waals surface area contributed by atoms with Crippen molar-refractivity contribution in [2.45, 2.75) is 39.0 Å². The number of carbonyl (C=O) groups is 2. The fraction of sp³-hybridized carbons (Fsp3) is 0.462. The summed E-state index contributed by atoms with van der Waals surface area (Å²) in [6.45, 7) is 6.14. The molecule has 172 valence electrons. The van der Waals surface area contributed by atoms with Crippen LogP contribution in [0.3, 0.4) is 0 Å². The van der Waals surface area contributed by atoms with Crippen molar-refractivity contribution in [3.8, 4) is 0 Å². The van der Waals surface area contributed by atoms with Gasteiger partial charge < -0.3 is 14.2 Å². The number of hydrogen-bond acceptors (Lipinski definition) is 5. The van der Waals surface area contributed by atoms with Crippen molar-refractivity contribution < 1.29 is 23.8 Å². The molecule has 2 aromatic rings. The van der Waals surface area contributed by atoms with E-state index < -0.39 is 30.8 Å². The third-order valence-electron chi connectivity index (χ3n) is 7.71. The topological polar surface area (TPSA) is 61.8 Å². The molecule has 0 N–H and O–H groups in total. The molecule has 0 spiro atoms. The summed E-state index contributed by atoms with van der Waals surface area (Å²) in [7, 11) is 1.97. The van der Waals surface area contributed by atoms with E-state index in [2.05, 4.69) is 30.8 Å². The molecule has 0 radical (unpaired) electrons.